The van der Waals surface area contributed by atoms with Crippen molar-refractivity contribution in [2.24, 2.45) is 0 Å². The first-order valence-corrected chi connectivity index (χ1v) is 7.97. The Morgan fingerprint density at radius 3 is 2.43 bits per heavy atom. The summed E-state index contributed by atoms with van der Waals surface area (Å²) in [7, 11) is 0. The van der Waals surface area contributed by atoms with Crippen LogP contribution < -0.4 is 5.32 Å². The van der Waals surface area contributed by atoms with Crippen molar-refractivity contribution in [1.29, 1.82) is 0 Å². The van der Waals surface area contributed by atoms with E-state index in [9.17, 15) is 4.79 Å². The minimum atomic E-state index is -0.802. The van der Waals surface area contributed by atoms with E-state index in [-0.39, 0.29) is 6.04 Å². The highest BCUT2D eigenvalue weighted by molar-refractivity contribution is 7.16. The van der Waals surface area contributed by atoms with Gasteiger partial charge in [0.25, 0.3) is 0 Å². The largest absolute Gasteiger partial charge is 0.481 e. The van der Waals surface area contributed by atoms with Crippen molar-refractivity contribution in [2.45, 2.75) is 32.4 Å². The lowest BCUT2D eigenvalue weighted by Crippen LogP contribution is -2.17. The molecule has 0 bridgehead atoms. The van der Waals surface area contributed by atoms with Crippen molar-refractivity contribution in [2.75, 3.05) is 0 Å². The molecule has 3 nitrogen and oxygen atoms in total. The normalized spacial score (nSPS) is 13.9. The predicted octanol–water partition coefficient (Wildman–Crippen LogP) is 4.44. The number of carboxylic acids is 1. The van der Waals surface area contributed by atoms with Gasteiger partial charge in [0.15, 0.2) is 0 Å². The van der Waals surface area contributed by atoms with Gasteiger partial charge in [-0.15, -0.1) is 11.3 Å². The summed E-state index contributed by atoms with van der Waals surface area (Å²) in [6.45, 7) is 4.53. The molecule has 0 saturated heterocycles. The van der Waals surface area contributed by atoms with Crippen LogP contribution in [0.25, 0.3) is 0 Å². The van der Waals surface area contributed by atoms with E-state index in [1.165, 1.54) is 4.88 Å². The molecular formula is C16H18ClNO2S. The molecular weight excluding hydrogens is 306 g/mol. The van der Waals surface area contributed by atoms with Gasteiger partial charge < -0.3 is 10.4 Å². The summed E-state index contributed by atoms with van der Waals surface area (Å²) < 4.78 is 0.797. The van der Waals surface area contributed by atoms with Crippen molar-refractivity contribution in [3.8, 4) is 0 Å². The minimum Gasteiger partial charge on any atom is -0.481 e. The first-order chi connectivity index (χ1) is 9.97. The van der Waals surface area contributed by atoms with Crippen LogP contribution in [0.5, 0.6) is 0 Å². The Morgan fingerprint density at radius 2 is 1.90 bits per heavy atom. The van der Waals surface area contributed by atoms with Gasteiger partial charge >= 0.3 is 5.97 Å². The Morgan fingerprint density at radius 1 is 1.24 bits per heavy atom. The van der Waals surface area contributed by atoms with E-state index in [4.69, 9.17) is 16.7 Å². The second kappa shape index (κ2) is 7.07. The van der Waals surface area contributed by atoms with Crippen molar-refractivity contribution in [3.05, 3.63) is 56.7 Å². The van der Waals surface area contributed by atoms with Gasteiger partial charge in [-0.25, -0.2) is 0 Å². The lowest BCUT2D eigenvalue weighted by atomic mass is 10.00. The summed E-state index contributed by atoms with van der Waals surface area (Å²) >= 11 is 7.52. The maximum Gasteiger partial charge on any atom is 0.310 e. The van der Waals surface area contributed by atoms with Crippen LogP contribution in [-0.4, -0.2) is 11.1 Å². The fourth-order valence-corrected chi connectivity index (χ4v) is 3.09. The Bertz CT molecular complexity index is 609. The van der Waals surface area contributed by atoms with Crippen LogP contribution in [0.1, 0.15) is 41.8 Å². The fraction of sp³-hybridized carbons (Fsp3) is 0.312. The summed E-state index contributed by atoms with van der Waals surface area (Å²) in [6, 6.07) is 11.9. The van der Waals surface area contributed by atoms with E-state index >= 15 is 0 Å². The van der Waals surface area contributed by atoms with Crippen LogP contribution in [0.15, 0.2) is 36.4 Å². The van der Waals surface area contributed by atoms with Crippen molar-refractivity contribution >= 4 is 28.9 Å². The number of aliphatic carboxylic acids is 1. The first kappa shape index (κ1) is 16.0. The fourth-order valence-electron chi connectivity index (χ4n) is 2.00. The lowest BCUT2D eigenvalue weighted by Gasteiger charge is -2.13. The highest BCUT2D eigenvalue weighted by Crippen LogP contribution is 2.26. The third-order valence-electron chi connectivity index (χ3n) is 3.48. The van der Waals surface area contributed by atoms with Crippen LogP contribution in [0.3, 0.4) is 0 Å². The topological polar surface area (TPSA) is 49.3 Å². The van der Waals surface area contributed by atoms with Gasteiger partial charge in [0.05, 0.1) is 10.3 Å². The molecule has 0 amide bonds. The number of carbonyl (C=O) groups is 1. The zero-order chi connectivity index (χ0) is 15.4. The van der Waals surface area contributed by atoms with Gasteiger partial charge in [-0.1, -0.05) is 35.9 Å². The van der Waals surface area contributed by atoms with E-state index in [0.29, 0.717) is 0 Å². The van der Waals surface area contributed by atoms with Crippen LogP contribution in [0.4, 0.5) is 0 Å². The number of hydrogen-bond acceptors (Lipinski definition) is 3. The lowest BCUT2D eigenvalue weighted by molar-refractivity contribution is -0.138. The summed E-state index contributed by atoms with van der Waals surface area (Å²) in [5.41, 5.74) is 1.95. The number of carboxylic acid groups (broad SMARTS) is 1. The SMILES string of the molecule is CC(NCc1ccc(C(C)C(=O)O)cc1)c1ccc(Cl)s1. The molecule has 2 rings (SSSR count). The average Bonchev–Trinajstić information content (AvgIpc) is 2.91. The van der Waals surface area contributed by atoms with E-state index in [1.807, 2.05) is 36.4 Å². The first-order valence-electron chi connectivity index (χ1n) is 6.77. The van der Waals surface area contributed by atoms with Crippen LogP contribution in [-0.2, 0) is 11.3 Å². The van der Waals surface area contributed by atoms with E-state index in [1.54, 1.807) is 18.3 Å². The Balaban J connectivity index is 1.93. The molecule has 2 unspecified atom stereocenters. The number of thiophene rings is 1. The van der Waals surface area contributed by atoms with Gasteiger partial charge in [-0.3, -0.25) is 4.79 Å². The molecule has 0 aliphatic carbocycles. The molecule has 0 fully saturated rings. The summed E-state index contributed by atoms with van der Waals surface area (Å²) in [4.78, 5) is 12.1. The molecule has 112 valence electrons. The molecule has 0 aliphatic heterocycles. The van der Waals surface area contributed by atoms with Crippen LogP contribution in [0.2, 0.25) is 4.34 Å². The maximum absolute atomic E-state index is 10.9. The number of nitrogens with one attached hydrogen (secondary N) is 1. The van der Waals surface area contributed by atoms with Gasteiger partial charge in [0, 0.05) is 17.5 Å². The molecule has 2 N–H and O–H groups in total. The maximum atomic E-state index is 10.9. The summed E-state index contributed by atoms with van der Waals surface area (Å²) in [5, 5.41) is 12.4. The van der Waals surface area contributed by atoms with Gasteiger partial charge in [-0.05, 0) is 37.1 Å². The quantitative estimate of drug-likeness (QED) is 0.826. The Kier molecular flexibility index (Phi) is 5.39. The molecule has 1 heterocycles. The Hall–Kier alpha value is -1.36. The van der Waals surface area contributed by atoms with Crippen LogP contribution in [0, 0.1) is 0 Å². The molecule has 0 saturated carbocycles. The van der Waals surface area contributed by atoms with E-state index < -0.39 is 11.9 Å². The highest BCUT2D eigenvalue weighted by atomic mass is 35.5. The van der Waals surface area contributed by atoms with Crippen molar-refractivity contribution < 1.29 is 9.90 Å². The van der Waals surface area contributed by atoms with Gasteiger partial charge in [-0.2, -0.15) is 0 Å². The second-order valence-corrected chi connectivity index (χ2v) is 6.79. The third-order valence-corrected chi connectivity index (χ3v) is 4.90. The molecule has 0 radical (unpaired) electrons. The number of halogens is 1. The third kappa shape index (κ3) is 4.30. The smallest absolute Gasteiger partial charge is 0.310 e. The molecule has 1 aromatic heterocycles. The molecule has 21 heavy (non-hydrogen) atoms. The van der Waals surface area contributed by atoms with E-state index in [0.717, 1.165) is 22.0 Å². The highest BCUT2D eigenvalue weighted by Gasteiger charge is 2.13. The van der Waals surface area contributed by atoms with Gasteiger partial charge in [0.2, 0.25) is 0 Å². The molecule has 5 heteroatoms. The van der Waals surface area contributed by atoms with Gasteiger partial charge in [0.1, 0.15) is 0 Å². The minimum absolute atomic E-state index is 0.236. The zero-order valence-electron chi connectivity index (χ0n) is 12.0. The standard InChI is InChI=1S/C16H18ClNO2S/c1-10(16(19)20)13-5-3-12(4-6-13)9-18-11(2)14-7-8-15(17)21-14/h3-8,10-11,18H,9H2,1-2H3,(H,19,20). The number of rotatable bonds is 6. The van der Waals surface area contributed by atoms with Crippen molar-refractivity contribution in [1.82, 2.24) is 5.32 Å². The second-order valence-electron chi connectivity index (χ2n) is 5.05. The monoisotopic (exact) mass is 323 g/mol. The van der Waals surface area contributed by atoms with E-state index in [2.05, 4.69) is 12.2 Å². The molecule has 0 aliphatic rings. The number of benzene rings is 1. The number of hydrogen-bond donors (Lipinski definition) is 2. The molecule has 0 spiro atoms. The summed E-state index contributed by atoms with van der Waals surface area (Å²) in [5.74, 6) is -1.27. The predicted molar refractivity (Wildman–Crippen MR) is 87.1 cm³/mol. The average molecular weight is 324 g/mol. The summed E-state index contributed by atoms with van der Waals surface area (Å²) in [6.07, 6.45) is 0. The van der Waals surface area contributed by atoms with Crippen LogP contribution >= 0.6 is 22.9 Å². The molecule has 2 atom stereocenters. The Labute approximate surface area is 133 Å². The van der Waals surface area contributed by atoms with Crippen molar-refractivity contribution in [3.63, 3.8) is 0 Å². The molecule has 2 aromatic rings. The molecule has 1 aromatic carbocycles. The zero-order valence-corrected chi connectivity index (χ0v) is 13.5.